The summed E-state index contributed by atoms with van der Waals surface area (Å²) in [5.74, 6) is -0.986. The molecule has 18 heavy (non-hydrogen) atoms. The molecule has 0 bridgehead atoms. The highest BCUT2D eigenvalue weighted by Crippen LogP contribution is 2.10. The minimum atomic E-state index is -0.932. The number of rotatable bonds is 6. The van der Waals surface area contributed by atoms with Gasteiger partial charge in [-0.05, 0) is 26.0 Å². The van der Waals surface area contributed by atoms with E-state index in [1.54, 1.807) is 26.1 Å². The van der Waals surface area contributed by atoms with Crippen LogP contribution in [0.15, 0.2) is 24.3 Å². The Kier molecular flexibility index (Phi) is 5.04. The molecule has 0 aliphatic rings. The van der Waals surface area contributed by atoms with Gasteiger partial charge in [0.05, 0.1) is 12.6 Å². The summed E-state index contributed by atoms with van der Waals surface area (Å²) in [5.41, 5.74) is 1.80. The second-order valence-corrected chi connectivity index (χ2v) is 4.40. The predicted molar refractivity (Wildman–Crippen MR) is 69.9 cm³/mol. The molecule has 0 radical (unpaired) electrons. The Morgan fingerprint density at radius 3 is 2.28 bits per heavy atom. The first-order chi connectivity index (χ1) is 8.45. The van der Waals surface area contributed by atoms with Gasteiger partial charge in [0.1, 0.15) is 0 Å². The summed E-state index contributed by atoms with van der Waals surface area (Å²) in [7, 11) is 1.64. The van der Waals surface area contributed by atoms with Gasteiger partial charge in [-0.3, -0.25) is 14.5 Å². The summed E-state index contributed by atoms with van der Waals surface area (Å²) in [4.78, 5) is 24.3. The molecular formula is C14H19NO3. The minimum Gasteiger partial charge on any atom is -0.480 e. The molecular weight excluding hydrogens is 230 g/mol. The van der Waals surface area contributed by atoms with Crippen LogP contribution in [0.25, 0.3) is 0 Å². The van der Waals surface area contributed by atoms with Gasteiger partial charge in [-0.25, -0.2) is 0 Å². The number of hydrogen-bond acceptors (Lipinski definition) is 3. The maximum absolute atomic E-state index is 12.1. The molecule has 1 N–H and O–H groups in total. The van der Waals surface area contributed by atoms with E-state index in [1.165, 1.54) is 10.5 Å². The van der Waals surface area contributed by atoms with E-state index in [2.05, 4.69) is 6.92 Å². The van der Waals surface area contributed by atoms with E-state index in [1.807, 2.05) is 12.1 Å². The third-order valence-electron chi connectivity index (χ3n) is 3.07. The summed E-state index contributed by atoms with van der Waals surface area (Å²) < 4.78 is 0. The van der Waals surface area contributed by atoms with Crippen molar-refractivity contribution in [2.75, 3.05) is 13.6 Å². The number of carboxylic acids is 1. The Morgan fingerprint density at radius 2 is 1.83 bits per heavy atom. The zero-order valence-corrected chi connectivity index (χ0v) is 11.0. The van der Waals surface area contributed by atoms with Crippen LogP contribution in [0.2, 0.25) is 0 Å². The average molecular weight is 249 g/mol. The normalized spacial score (nSPS) is 12.4. The van der Waals surface area contributed by atoms with Crippen molar-refractivity contribution in [1.82, 2.24) is 4.90 Å². The van der Waals surface area contributed by atoms with Gasteiger partial charge in [0.25, 0.3) is 0 Å². The van der Waals surface area contributed by atoms with Gasteiger partial charge in [-0.1, -0.05) is 31.2 Å². The van der Waals surface area contributed by atoms with Crippen molar-refractivity contribution in [1.29, 1.82) is 0 Å². The zero-order chi connectivity index (χ0) is 13.7. The standard InChI is InChI=1S/C14H19NO3/c1-4-11-5-7-12(8-6-11)14(18)10(2)15(3)9-13(16)17/h5-8,10H,4,9H2,1-3H3,(H,16,17). The van der Waals surface area contributed by atoms with Gasteiger partial charge in [0.2, 0.25) is 0 Å². The summed E-state index contributed by atoms with van der Waals surface area (Å²) in [6.07, 6.45) is 0.933. The van der Waals surface area contributed by atoms with Crippen molar-refractivity contribution in [3.05, 3.63) is 35.4 Å². The van der Waals surface area contributed by atoms with Crippen molar-refractivity contribution < 1.29 is 14.7 Å². The van der Waals surface area contributed by atoms with Crippen LogP contribution in [0.1, 0.15) is 29.8 Å². The van der Waals surface area contributed by atoms with E-state index in [4.69, 9.17) is 5.11 Å². The van der Waals surface area contributed by atoms with E-state index in [0.717, 1.165) is 6.42 Å². The first-order valence-corrected chi connectivity index (χ1v) is 6.01. The molecule has 1 aromatic rings. The zero-order valence-electron chi connectivity index (χ0n) is 11.0. The highest BCUT2D eigenvalue weighted by molar-refractivity contribution is 6.00. The second-order valence-electron chi connectivity index (χ2n) is 4.40. The van der Waals surface area contributed by atoms with Crippen molar-refractivity contribution in [3.8, 4) is 0 Å². The Bertz CT molecular complexity index is 425. The first-order valence-electron chi connectivity index (χ1n) is 6.01. The fourth-order valence-corrected chi connectivity index (χ4v) is 1.70. The number of ketones is 1. The monoisotopic (exact) mass is 249 g/mol. The Balaban J connectivity index is 2.76. The Hall–Kier alpha value is -1.68. The Morgan fingerprint density at radius 1 is 1.28 bits per heavy atom. The molecule has 1 atom stereocenters. The van der Waals surface area contributed by atoms with Gasteiger partial charge < -0.3 is 5.11 Å². The molecule has 0 saturated carbocycles. The van der Waals surface area contributed by atoms with Gasteiger partial charge in [0.15, 0.2) is 5.78 Å². The number of Topliss-reactive ketones (excluding diaryl/α,β-unsaturated/α-hetero) is 1. The fourth-order valence-electron chi connectivity index (χ4n) is 1.70. The average Bonchev–Trinajstić information content (AvgIpc) is 2.36. The summed E-state index contributed by atoms with van der Waals surface area (Å²) >= 11 is 0. The number of hydrogen-bond donors (Lipinski definition) is 1. The number of carbonyl (C=O) groups excluding carboxylic acids is 1. The second kappa shape index (κ2) is 6.31. The largest absolute Gasteiger partial charge is 0.480 e. The number of benzene rings is 1. The molecule has 0 aliphatic carbocycles. The maximum Gasteiger partial charge on any atom is 0.317 e. The first kappa shape index (κ1) is 14.4. The van der Waals surface area contributed by atoms with Crippen molar-refractivity contribution in [3.63, 3.8) is 0 Å². The molecule has 0 aromatic heterocycles. The lowest BCUT2D eigenvalue weighted by Crippen LogP contribution is -2.39. The quantitative estimate of drug-likeness (QED) is 0.781. The lowest BCUT2D eigenvalue weighted by molar-refractivity contribution is -0.138. The summed E-state index contributed by atoms with van der Waals surface area (Å²) in [6.45, 7) is 3.64. The molecule has 1 rings (SSSR count). The van der Waals surface area contributed by atoms with Crippen LogP contribution in [0.3, 0.4) is 0 Å². The minimum absolute atomic E-state index is 0.0543. The maximum atomic E-state index is 12.1. The molecule has 1 unspecified atom stereocenters. The molecule has 1 aromatic carbocycles. The van der Waals surface area contributed by atoms with Crippen LogP contribution in [0.4, 0.5) is 0 Å². The van der Waals surface area contributed by atoms with Gasteiger partial charge in [-0.15, -0.1) is 0 Å². The molecule has 0 amide bonds. The summed E-state index contributed by atoms with van der Waals surface area (Å²) in [6, 6.07) is 7.01. The van der Waals surface area contributed by atoms with Crippen LogP contribution in [0.5, 0.6) is 0 Å². The molecule has 4 nitrogen and oxygen atoms in total. The van der Waals surface area contributed by atoms with Crippen molar-refractivity contribution in [2.24, 2.45) is 0 Å². The van der Waals surface area contributed by atoms with E-state index in [0.29, 0.717) is 5.56 Å². The number of aliphatic carboxylic acids is 1. The van der Waals surface area contributed by atoms with E-state index in [-0.39, 0.29) is 12.3 Å². The Labute approximate surface area is 107 Å². The van der Waals surface area contributed by atoms with E-state index < -0.39 is 12.0 Å². The number of nitrogens with zero attached hydrogens (tertiary/aromatic N) is 1. The van der Waals surface area contributed by atoms with Crippen LogP contribution in [-0.2, 0) is 11.2 Å². The van der Waals surface area contributed by atoms with E-state index >= 15 is 0 Å². The van der Waals surface area contributed by atoms with E-state index in [9.17, 15) is 9.59 Å². The lowest BCUT2D eigenvalue weighted by atomic mass is 10.0. The topological polar surface area (TPSA) is 57.6 Å². The number of aryl methyl sites for hydroxylation is 1. The lowest BCUT2D eigenvalue weighted by Gasteiger charge is -2.21. The fraction of sp³-hybridized carbons (Fsp3) is 0.429. The molecule has 98 valence electrons. The molecule has 4 heteroatoms. The highest BCUT2D eigenvalue weighted by atomic mass is 16.4. The van der Waals surface area contributed by atoms with Crippen molar-refractivity contribution >= 4 is 11.8 Å². The predicted octanol–water partition coefficient (Wildman–Crippen LogP) is 1.84. The number of likely N-dealkylation sites (N-methyl/N-ethyl adjacent to an activating group) is 1. The van der Waals surface area contributed by atoms with Gasteiger partial charge >= 0.3 is 5.97 Å². The molecule has 0 saturated heterocycles. The van der Waals surface area contributed by atoms with Gasteiger partial charge in [0, 0.05) is 5.56 Å². The molecule has 0 aliphatic heterocycles. The smallest absolute Gasteiger partial charge is 0.317 e. The van der Waals surface area contributed by atoms with Crippen LogP contribution in [0, 0.1) is 0 Å². The SMILES string of the molecule is CCc1ccc(C(=O)C(C)N(C)CC(=O)O)cc1. The van der Waals surface area contributed by atoms with Crippen LogP contribution in [-0.4, -0.2) is 41.4 Å². The molecule has 0 spiro atoms. The summed E-state index contributed by atoms with van der Waals surface area (Å²) in [5, 5.41) is 8.70. The number of carboxylic acid groups (broad SMARTS) is 1. The van der Waals surface area contributed by atoms with Crippen molar-refractivity contribution in [2.45, 2.75) is 26.3 Å². The van der Waals surface area contributed by atoms with Crippen LogP contribution < -0.4 is 0 Å². The molecule has 0 fully saturated rings. The third-order valence-corrected chi connectivity index (χ3v) is 3.07. The third kappa shape index (κ3) is 3.67. The number of carbonyl (C=O) groups is 2. The molecule has 0 heterocycles. The highest BCUT2D eigenvalue weighted by Gasteiger charge is 2.20. The van der Waals surface area contributed by atoms with Crippen LogP contribution >= 0.6 is 0 Å². The van der Waals surface area contributed by atoms with Gasteiger partial charge in [-0.2, -0.15) is 0 Å².